The molecule has 0 radical (unpaired) electrons. The number of carbonyl (C=O) groups is 1. The number of piperazine rings is 1. The summed E-state index contributed by atoms with van der Waals surface area (Å²) in [4.78, 5) is 18.5. The van der Waals surface area contributed by atoms with Crippen LogP contribution in [0.2, 0.25) is 0 Å². The van der Waals surface area contributed by atoms with E-state index >= 15 is 0 Å². The number of carbonyl (C=O) groups excluding carboxylic acids is 1. The highest BCUT2D eigenvalue weighted by Gasteiger charge is 2.28. The molecule has 1 fully saturated rings. The fourth-order valence-corrected chi connectivity index (χ4v) is 5.02. The first-order valence-electron chi connectivity index (χ1n) is 12.5. The predicted molar refractivity (Wildman–Crippen MR) is 146 cm³/mol. The Kier molecular flexibility index (Phi) is 6.81. The summed E-state index contributed by atoms with van der Waals surface area (Å²) in [5, 5.41) is 0. The first-order chi connectivity index (χ1) is 17.5. The molecule has 5 heteroatoms. The van der Waals surface area contributed by atoms with Gasteiger partial charge in [0.1, 0.15) is 11.4 Å². The van der Waals surface area contributed by atoms with Crippen molar-refractivity contribution < 1.29 is 9.53 Å². The summed E-state index contributed by atoms with van der Waals surface area (Å²) in [6.07, 6.45) is 2.12. The average Bonchev–Trinajstić information content (AvgIpc) is 3.25. The van der Waals surface area contributed by atoms with Gasteiger partial charge >= 0.3 is 0 Å². The molecule has 1 aromatic heterocycles. The van der Waals surface area contributed by atoms with Gasteiger partial charge < -0.3 is 19.1 Å². The molecule has 0 N–H and O–H groups in total. The van der Waals surface area contributed by atoms with Crippen LogP contribution in [0.5, 0.6) is 5.75 Å². The quantitative estimate of drug-likeness (QED) is 0.351. The van der Waals surface area contributed by atoms with Crippen molar-refractivity contribution in [3.63, 3.8) is 0 Å². The van der Waals surface area contributed by atoms with E-state index in [4.69, 9.17) is 4.74 Å². The Hall–Kier alpha value is -3.99. The third-order valence-corrected chi connectivity index (χ3v) is 7.01. The molecule has 4 aromatic rings. The molecule has 0 spiro atoms. The van der Waals surface area contributed by atoms with Crippen LogP contribution >= 0.6 is 0 Å². The lowest BCUT2D eigenvalue weighted by atomic mass is 10.00. The van der Waals surface area contributed by atoms with Gasteiger partial charge in [-0.25, -0.2) is 0 Å². The Morgan fingerprint density at radius 2 is 1.50 bits per heavy atom. The molecule has 0 bridgehead atoms. The van der Waals surface area contributed by atoms with Gasteiger partial charge in [-0.2, -0.15) is 0 Å². The smallest absolute Gasteiger partial charge is 0.271 e. The summed E-state index contributed by atoms with van der Waals surface area (Å²) in [7, 11) is 1.67. The van der Waals surface area contributed by atoms with Crippen molar-refractivity contribution in [2.24, 2.45) is 0 Å². The number of ether oxygens (including phenoxy) is 1. The molecular weight excluding hydrogens is 446 g/mol. The molecule has 36 heavy (non-hydrogen) atoms. The molecule has 5 rings (SSSR count). The second-order valence-electron chi connectivity index (χ2n) is 9.49. The van der Waals surface area contributed by atoms with Crippen molar-refractivity contribution in [1.82, 2.24) is 9.47 Å². The lowest BCUT2D eigenvalue weighted by Gasteiger charge is -2.36. The van der Waals surface area contributed by atoms with Gasteiger partial charge in [0.15, 0.2) is 0 Å². The van der Waals surface area contributed by atoms with Crippen molar-refractivity contribution >= 4 is 11.6 Å². The molecule has 0 atom stereocenters. The van der Waals surface area contributed by atoms with Crippen LogP contribution in [0, 0.1) is 13.8 Å². The molecule has 2 heterocycles. The minimum absolute atomic E-state index is 0.0971. The maximum atomic E-state index is 14.1. The molecule has 3 aromatic carbocycles. The van der Waals surface area contributed by atoms with Gasteiger partial charge in [0.25, 0.3) is 5.91 Å². The Labute approximate surface area is 213 Å². The number of rotatable bonds is 6. The van der Waals surface area contributed by atoms with Crippen LogP contribution in [0.4, 0.5) is 5.69 Å². The third-order valence-electron chi connectivity index (χ3n) is 7.01. The molecule has 0 unspecified atom stereocenters. The van der Waals surface area contributed by atoms with Gasteiger partial charge in [0, 0.05) is 50.2 Å². The van der Waals surface area contributed by atoms with Crippen molar-refractivity contribution in [3.05, 3.63) is 107 Å². The summed E-state index contributed by atoms with van der Waals surface area (Å²) < 4.78 is 7.44. The van der Waals surface area contributed by atoms with Gasteiger partial charge in [-0.05, 0) is 54.8 Å². The molecule has 0 aliphatic carbocycles. The highest BCUT2D eigenvalue weighted by atomic mass is 16.5. The lowest BCUT2D eigenvalue weighted by molar-refractivity contribution is 0.0737. The van der Waals surface area contributed by atoms with Gasteiger partial charge in [0.2, 0.25) is 0 Å². The van der Waals surface area contributed by atoms with Crippen LogP contribution < -0.4 is 9.64 Å². The van der Waals surface area contributed by atoms with E-state index in [2.05, 4.69) is 90.2 Å². The standard InChI is InChI=1S/C31H33N3O2/c1-23-9-13-26(14-10-23)29-24(2)21-34(22-25-11-15-28(36-3)16-12-25)30(29)31(35)33-19-17-32(18-20-33)27-7-5-4-6-8-27/h4-16,21H,17-20,22H2,1-3H3. The summed E-state index contributed by atoms with van der Waals surface area (Å²) in [5.74, 6) is 0.926. The maximum absolute atomic E-state index is 14.1. The zero-order chi connectivity index (χ0) is 25.1. The number of benzene rings is 3. The van der Waals surface area contributed by atoms with E-state index < -0.39 is 0 Å². The van der Waals surface area contributed by atoms with E-state index in [9.17, 15) is 4.79 Å². The van der Waals surface area contributed by atoms with E-state index in [1.54, 1.807) is 7.11 Å². The number of nitrogens with zero attached hydrogens (tertiary/aromatic N) is 3. The van der Waals surface area contributed by atoms with Gasteiger partial charge in [-0.3, -0.25) is 4.79 Å². The molecule has 5 nitrogen and oxygen atoms in total. The second kappa shape index (κ2) is 10.3. The first kappa shape index (κ1) is 23.7. The van der Waals surface area contributed by atoms with Gasteiger partial charge in [-0.1, -0.05) is 60.2 Å². The predicted octanol–water partition coefficient (Wildman–Crippen LogP) is 5.79. The SMILES string of the molecule is COc1ccc(Cn2cc(C)c(-c3ccc(C)cc3)c2C(=O)N2CCN(c3ccccc3)CC2)cc1. The molecular formula is C31H33N3O2. The van der Waals surface area contributed by atoms with Crippen LogP contribution in [-0.2, 0) is 6.54 Å². The highest BCUT2D eigenvalue weighted by molar-refractivity contribution is 6.00. The summed E-state index contributed by atoms with van der Waals surface area (Å²) in [5.41, 5.74) is 7.53. The first-order valence-corrected chi connectivity index (χ1v) is 12.5. The number of para-hydroxylation sites is 1. The Balaban J connectivity index is 1.46. The number of aryl methyl sites for hydroxylation is 2. The fourth-order valence-electron chi connectivity index (χ4n) is 5.02. The molecule has 0 saturated carbocycles. The zero-order valence-corrected chi connectivity index (χ0v) is 21.3. The maximum Gasteiger partial charge on any atom is 0.271 e. The number of methoxy groups -OCH3 is 1. The largest absolute Gasteiger partial charge is 0.497 e. The van der Waals surface area contributed by atoms with E-state index in [1.807, 2.05) is 23.1 Å². The molecule has 184 valence electrons. The normalized spacial score (nSPS) is 13.6. The zero-order valence-electron chi connectivity index (χ0n) is 21.3. The topological polar surface area (TPSA) is 37.7 Å². The van der Waals surface area contributed by atoms with Crippen molar-refractivity contribution in [3.8, 4) is 16.9 Å². The third kappa shape index (κ3) is 4.87. The van der Waals surface area contributed by atoms with Crippen LogP contribution in [0.1, 0.15) is 27.2 Å². The van der Waals surface area contributed by atoms with E-state index in [1.165, 1.54) is 11.3 Å². The minimum atomic E-state index is 0.0971. The number of hydrogen-bond donors (Lipinski definition) is 0. The molecule has 1 aliphatic heterocycles. The second-order valence-corrected chi connectivity index (χ2v) is 9.49. The van der Waals surface area contributed by atoms with Crippen molar-refractivity contribution in [1.29, 1.82) is 0 Å². The Morgan fingerprint density at radius 1 is 0.833 bits per heavy atom. The minimum Gasteiger partial charge on any atom is -0.497 e. The van der Waals surface area contributed by atoms with Gasteiger partial charge in [0.05, 0.1) is 7.11 Å². The number of anilines is 1. The van der Waals surface area contributed by atoms with E-state index in [0.29, 0.717) is 19.6 Å². The number of amides is 1. The highest BCUT2D eigenvalue weighted by Crippen LogP contribution is 2.32. The lowest BCUT2D eigenvalue weighted by Crippen LogP contribution is -2.49. The monoisotopic (exact) mass is 479 g/mol. The van der Waals surface area contributed by atoms with Gasteiger partial charge in [-0.15, -0.1) is 0 Å². The Morgan fingerprint density at radius 3 is 2.14 bits per heavy atom. The summed E-state index contributed by atoms with van der Waals surface area (Å²) >= 11 is 0. The van der Waals surface area contributed by atoms with Crippen molar-refractivity contribution in [2.75, 3.05) is 38.2 Å². The van der Waals surface area contributed by atoms with E-state index in [-0.39, 0.29) is 5.91 Å². The van der Waals surface area contributed by atoms with Crippen LogP contribution in [0.25, 0.3) is 11.1 Å². The molecule has 1 saturated heterocycles. The number of hydrogen-bond acceptors (Lipinski definition) is 3. The van der Waals surface area contributed by atoms with Crippen LogP contribution in [0.15, 0.2) is 85.1 Å². The van der Waals surface area contributed by atoms with E-state index in [0.717, 1.165) is 46.8 Å². The van der Waals surface area contributed by atoms with Crippen LogP contribution in [-0.4, -0.2) is 48.7 Å². The molecule has 1 amide bonds. The fraction of sp³-hybridized carbons (Fsp3) is 0.258. The summed E-state index contributed by atoms with van der Waals surface area (Å²) in [6, 6.07) is 27.0. The molecule has 1 aliphatic rings. The summed E-state index contributed by atoms with van der Waals surface area (Å²) in [6.45, 7) is 7.87. The number of aromatic nitrogens is 1. The van der Waals surface area contributed by atoms with Crippen molar-refractivity contribution in [2.45, 2.75) is 20.4 Å². The Bertz CT molecular complexity index is 1320. The average molecular weight is 480 g/mol. The van der Waals surface area contributed by atoms with Crippen LogP contribution in [0.3, 0.4) is 0 Å².